The van der Waals surface area contributed by atoms with Gasteiger partial charge in [-0.15, -0.1) is 0 Å². The number of hydrogen-bond acceptors (Lipinski definition) is 2. The molecule has 0 aliphatic carbocycles. The van der Waals surface area contributed by atoms with Gasteiger partial charge in [-0.05, 0) is 44.5 Å². The highest BCUT2D eigenvalue weighted by Gasteiger charge is 2.33. The Morgan fingerprint density at radius 3 is 2.89 bits per heavy atom. The van der Waals surface area contributed by atoms with Gasteiger partial charge in [-0.1, -0.05) is 6.07 Å². The first kappa shape index (κ1) is 12.6. The van der Waals surface area contributed by atoms with Crippen molar-refractivity contribution in [2.45, 2.75) is 38.4 Å². The molecule has 3 nitrogen and oxygen atoms in total. The number of halogens is 1. The molecule has 1 fully saturated rings. The molecule has 102 valence electrons. The van der Waals surface area contributed by atoms with E-state index >= 15 is 0 Å². The molecule has 0 saturated carbocycles. The van der Waals surface area contributed by atoms with Crippen LogP contribution in [0.25, 0.3) is 0 Å². The van der Waals surface area contributed by atoms with Crippen LogP contribution in [0.3, 0.4) is 0 Å². The third kappa shape index (κ3) is 2.14. The summed E-state index contributed by atoms with van der Waals surface area (Å²) in [5.41, 5.74) is 1.85. The van der Waals surface area contributed by atoms with Crippen molar-refractivity contribution in [2.24, 2.45) is 0 Å². The molecule has 0 amide bonds. The number of nitrogens with one attached hydrogen (secondary N) is 1. The van der Waals surface area contributed by atoms with Crippen molar-refractivity contribution in [1.82, 2.24) is 9.80 Å². The van der Waals surface area contributed by atoms with Crippen molar-refractivity contribution in [2.75, 3.05) is 13.6 Å². The van der Waals surface area contributed by atoms with Crippen molar-refractivity contribution in [1.29, 1.82) is 5.41 Å². The van der Waals surface area contributed by atoms with Gasteiger partial charge in [-0.25, -0.2) is 4.39 Å². The molecule has 19 heavy (non-hydrogen) atoms. The molecule has 1 aromatic rings. The van der Waals surface area contributed by atoms with E-state index in [0.717, 1.165) is 37.1 Å². The van der Waals surface area contributed by atoms with Gasteiger partial charge >= 0.3 is 0 Å². The zero-order valence-corrected chi connectivity index (χ0v) is 11.5. The molecule has 0 spiro atoms. The van der Waals surface area contributed by atoms with E-state index in [1.165, 1.54) is 12.1 Å². The van der Waals surface area contributed by atoms with Crippen LogP contribution in [0.4, 0.5) is 4.39 Å². The number of benzene rings is 1. The van der Waals surface area contributed by atoms with E-state index in [0.29, 0.717) is 17.9 Å². The second-order valence-electron chi connectivity index (χ2n) is 5.79. The highest BCUT2D eigenvalue weighted by atomic mass is 19.1. The number of rotatable bonds is 1. The number of fused-ring (bicyclic) bond motifs is 1. The highest BCUT2D eigenvalue weighted by molar-refractivity contribution is 6.00. The fourth-order valence-electron chi connectivity index (χ4n) is 3.18. The van der Waals surface area contributed by atoms with E-state index in [9.17, 15) is 4.39 Å². The van der Waals surface area contributed by atoms with Gasteiger partial charge < -0.3 is 9.80 Å². The number of piperidine rings is 1. The Morgan fingerprint density at radius 1 is 1.37 bits per heavy atom. The maximum Gasteiger partial charge on any atom is 0.129 e. The monoisotopic (exact) mass is 261 g/mol. The maximum absolute atomic E-state index is 13.3. The zero-order valence-electron chi connectivity index (χ0n) is 11.5. The maximum atomic E-state index is 13.3. The molecule has 1 saturated heterocycles. The van der Waals surface area contributed by atoms with E-state index in [1.807, 2.05) is 6.07 Å². The van der Waals surface area contributed by atoms with E-state index in [4.69, 9.17) is 5.41 Å². The first-order valence-electron chi connectivity index (χ1n) is 6.90. The summed E-state index contributed by atoms with van der Waals surface area (Å²) in [4.78, 5) is 4.51. The van der Waals surface area contributed by atoms with Gasteiger partial charge in [-0.2, -0.15) is 0 Å². The molecule has 2 heterocycles. The zero-order chi connectivity index (χ0) is 13.6. The minimum atomic E-state index is -0.248. The molecule has 0 bridgehead atoms. The molecule has 1 N–H and O–H groups in total. The van der Waals surface area contributed by atoms with Crippen LogP contribution >= 0.6 is 0 Å². The van der Waals surface area contributed by atoms with E-state index in [1.54, 1.807) is 0 Å². The molecule has 1 aromatic carbocycles. The Hall–Kier alpha value is -1.42. The fourth-order valence-corrected chi connectivity index (χ4v) is 3.18. The Labute approximate surface area is 113 Å². The van der Waals surface area contributed by atoms with Crippen LogP contribution in [-0.4, -0.2) is 41.3 Å². The molecule has 2 aliphatic rings. The van der Waals surface area contributed by atoms with Gasteiger partial charge in [0, 0.05) is 30.7 Å². The van der Waals surface area contributed by atoms with E-state index in [2.05, 4.69) is 23.8 Å². The van der Waals surface area contributed by atoms with Crippen LogP contribution in [0.5, 0.6) is 0 Å². The van der Waals surface area contributed by atoms with E-state index in [-0.39, 0.29) is 5.82 Å². The first-order valence-corrected chi connectivity index (χ1v) is 6.90. The van der Waals surface area contributed by atoms with Crippen LogP contribution in [0.15, 0.2) is 18.2 Å². The van der Waals surface area contributed by atoms with E-state index < -0.39 is 0 Å². The largest absolute Gasteiger partial charge is 0.349 e. The molecule has 4 heteroatoms. The molecular weight excluding hydrogens is 241 g/mol. The topological polar surface area (TPSA) is 30.3 Å². The first-order chi connectivity index (χ1) is 9.06. The molecule has 0 aromatic heterocycles. The normalized spacial score (nSPS) is 27.7. The summed E-state index contributed by atoms with van der Waals surface area (Å²) < 4.78 is 13.3. The van der Waals surface area contributed by atoms with Gasteiger partial charge in [0.05, 0.1) is 0 Å². The summed E-state index contributed by atoms with van der Waals surface area (Å²) in [6, 6.07) is 5.77. The van der Waals surface area contributed by atoms with Crippen molar-refractivity contribution in [3.8, 4) is 0 Å². The average molecular weight is 261 g/mol. The smallest absolute Gasteiger partial charge is 0.129 e. The average Bonchev–Trinajstić information content (AvgIpc) is 2.70. The quantitative estimate of drug-likeness (QED) is 0.841. The lowest BCUT2D eigenvalue weighted by atomic mass is 9.97. The Balaban J connectivity index is 1.80. The Morgan fingerprint density at radius 2 is 2.16 bits per heavy atom. The minimum Gasteiger partial charge on any atom is -0.349 e. The summed E-state index contributed by atoms with van der Waals surface area (Å²) in [5, 5.41) is 8.28. The van der Waals surface area contributed by atoms with Crippen LogP contribution in [0.2, 0.25) is 0 Å². The van der Waals surface area contributed by atoms with Gasteiger partial charge in [0.25, 0.3) is 0 Å². The van der Waals surface area contributed by atoms with Gasteiger partial charge in [-0.3, -0.25) is 5.41 Å². The molecule has 0 radical (unpaired) electrons. The third-order valence-corrected chi connectivity index (χ3v) is 4.58. The number of likely N-dealkylation sites (tertiary alicyclic amines) is 1. The van der Waals surface area contributed by atoms with Crippen LogP contribution in [0, 0.1) is 11.2 Å². The second kappa shape index (κ2) is 4.60. The molecular formula is C15H20FN3. The standard InChI is InChI=1S/C15H20FN3/c1-10-7-13(5-6-18(10)2)19-9-11-3-4-12(16)8-14(11)15(19)17/h3-4,8,10,13,17H,5-7,9H2,1-2H3. The molecule has 2 unspecified atom stereocenters. The number of hydrogen-bond donors (Lipinski definition) is 1. The van der Waals surface area contributed by atoms with Gasteiger partial charge in [0.2, 0.25) is 0 Å². The summed E-state index contributed by atoms with van der Waals surface area (Å²) in [7, 11) is 2.15. The predicted octanol–water partition coefficient (Wildman–Crippen LogP) is 2.45. The van der Waals surface area contributed by atoms with Crippen LogP contribution < -0.4 is 0 Å². The number of nitrogens with zero attached hydrogens (tertiary/aromatic N) is 2. The van der Waals surface area contributed by atoms with Crippen LogP contribution in [0.1, 0.15) is 30.9 Å². The van der Waals surface area contributed by atoms with Gasteiger partial charge in [0.1, 0.15) is 11.7 Å². The summed E-state index contributed by atoms with van der Waals surface area (Å²) >= 11 is 0. The van der Waals surface area contributed by atoms with Crippen LogP contribution in [-0.2, 0) is 6.54 Å². The SMILES string of the molecule is CC1CC(N2Cc3ccc(F)cc3C2=N)CCN1C. The number of amidine groups is 1. The fraction of sp³-hybridized carbons (Fsp3) is 0.533. The van der Waals surface area contributed by atoms with Crippen molar-refractivity contribution in [3.63, 3.8) is 0 Å². The predicted molar refractivity (Wildman–Crippen MR) is 73.9 cm³/mol. The summed E-state index contributed by atoms with van der Waals surface area (Å²) in [6.07, 6.45) is 2.16. The molecule has 3 rings (SSSR count). The Kier molecular flexibility index (Phi) is 3.05. The minimum absolute atomic E-state index is 0.248. The van der Waals surface area contributed by atoms with Crippen molar-refractivity contribution < 1.29 is 4.39 Å². The lowest BCUT2D eigenvalue weighted by Gasteiger charge is -2.40. The summed E-state index contributed by atoms with van der Waals surface area (Å²) in [5.74, 6) is 0.248. The lowest BCUT2D eigenvalue weighted by Crippen LogP contribution is -2.47. The van der Waals surface area contributed by atoms with Crippen molar-refractivity contribution in [3.05, 3.63) is 35.1 Å². The van der Waals surface area contributed by atoms with Crippen molar-refractivity contribution >= 4 is 5.84 Å². The Bertz CT molecular complexity index is 514. The third-order valence-electron chi connectivity index (χ3n) is 4.58. The lowest BCUT2D eigenvalue weighted by molar-refractivity contribution is 0.127. The molecule has 2 atom stereocenters. The van der Waals surface area contributed by atoms with Gasteiger partial charge in [0.15, 0.2) is 0 Å². The highest BCUT2D eigenvalue weighted by Crippen LogP contribution is 2.30. The second-order valence-corrected chi connectivity index (χ2v) is 5.79. The summed E-state index contributed by atoms with van der Waals surface area (Å²) in [6.45, 7) is 4.06. The molecule has 2 aliphatic heterocycles.